The fraction of sp³-hybridized carbons (Fsp3) is 1.00. The number of methoxy groups -OCH3 is 1. The Morgan fingerprint density at radius 2 is 2.29 bits per heavy atom. The second-order valence-corrected chi connectivity index (χ2v) is 3.69. The first kappa shape index (κ1) is 10.4. The van der Waals surface area contributed by atoms with Crippen LogP contribution in [0.25, 0.3) is 0 Å². The van der Waals surface area contributed by atoms with Gasteiger partial charge in [0.2, 0.25) is 0 Å². The Labute approximate surface area is 83.4 Å². The minimum atomic E-state index is -1.11. The van der Waals surface area contributed by atoms with E-state index >= 15 is 0 Å². The van der Waals surface area contributed by atoms with Crippen LogP contribution in [-0.2, 0) is 14.2 Å². The number of fused-ring (bicyclic) bond motifs is 2. The summed E-state index contributed by atoms with van der Waals surface area (Å²) in [6, 6.07) is -0.676. The molecule has 0 aromatic rings. The molecule has 2 aliphatic rings. The van der Waals surface area contributed by atoms with Gasteiger partial charge in [0.1, 0.15) is 31.8 Å². The van der Waals surface area contributed by atoms with Crippen molar-refractivity contribution in [3.8, 4) is 0 Å². The van der Waals surface area contributed by atoms with Gasteiger partial charge >= 0.3 is 0 Å². The summed E-state index contributed by atoms with van der Waals surface area (Å²) in [4.78, 5) is 0. The molecule has 2 rings (SSSR count). The molecule has 78 valence electrons. The average molecular weight is 200 g/mol. The summed E-state index contributed by atoms with van der Waals surface area (Å²) in [5.74, 6) is 0. The lowest BCUT2D eigenvalue weighted by atomic mass is 9.90. The van der Waals surface area contributed by atoms with E-state index in [4.69, 9.17) is 22.1 Å². The first-order chi connectivity index (χ1) is 6.65. The van der Waals surface area contributed by atoms with Gasteiger partial charge < -0.3 is 24.4 Å². The molecule has 2 aliphatic heterocycles. The van der Waals surface area contributed by atoms with Gasteiger partial charge in [-0.3, -0.25) is 0 Å². The van der Waals surface area contributed by atoms with Gasteiger partial charge in [0.05, 0.1) is 13.2 Å². The number of hydrogen-bond donors (Lipinski definition) is 2. The van der Waals surface area contributed by atoms with E-state index in [0.717, 1.165) is 0 Å². The van der Waals surface area contributed by atoms with Gasteiger partial charge in [-0.05, 0) is 0 Å². The third kappa shape index (κ3) is 1.15. The standard InChI is InChI=1S/C8H13BO5/c1-12-2-4-8(3-10)6(11)5(13-4)7(9)14-8/h4-7,10-11H,2-3H2,1H3/t4-,5+,6-,7+,8-/m0/s1. The second-order valence-electron chi connectivity index (χ2n) is 3.69. The minimum absolute atomic E-state index is 0.265. The number of aliphatic hydroxyl groups excluding tert-OH is 2. The summed E-state index contributed by atoms with van der Waals surface area (Å²) < 4.78 is 15.7. The van der Waals surface area contributed by atoms with E-state index in [-0.39, 0.29) is 13.2 Å². The number of ether oxygens (including phenoxy) is 3. The molecule has 0 amide bonds. The van der Waals surface area contributed by atoms with Crippen LogP contribution in [0, 0.1) is 0 Å². The Morgan fingerprint density at radius 1 is 1.57 bits per heavy atom. The van der Waals surface area contributed by atoms with Gasteiger partial charge in [0.25, 0.3) is 0 Å². The van der Waals surface area contributed by atoms with E-state index < -0.39 is 29.9 Å². The molecule has 0 spiro atoms. The molecule has 2 heterocycles. The van der Waals surface area contributed by atoms with E-state index in [2.05, 4.69) is 0 Å². The molecule has 0 unspecified atom stereocenters. The molecular formula is C8H13BO5. The zero-order chi connectivity index (χ0) is 10.3. The highest BCUT2D eigenvalue weighted by Crippen LogP contribution is 2.43. The van der Waals surface area contributed by atoms with Crippen LogP contribution in [0.2, 0.25) is 0 Å². The van der Waals surface area contributed by atoms with Crippen molar-refractivity contribution in [2.45, 2.75) is 29.9 Å². The first-order valence-electron chi connectivity index (χ1n) is 4.52. The summed E-state index contributed by atoms with van der Waals surface area (Å²) in [6.07, 6.45) is -1.91. The van der Waals surface area contributed by atoms with E-state index in [9.17, 15) is 10.2 Å². The molecule has 0 aliphatic carbocycles. The maximum Gasteiger partial charge on any atom is 0.147 e. The minimum Gasteiger partial charge on any atom is -0.393 e. The molecule has 5 nitrogen and oxygen atoms in total. The highest BCUT2D eigenvalue weighted by Gasteiger charge is 2.64. The van der Waals surface area contributed by atoms with Gasteiger partial charge in [-0.25, -0.2) is 0 Å². The van der Waals surface area contributed by atoms with E-state index in [1.54, 1.807) is 0 Å². The summed E-state index contributed by atoms with van der Waals surface area (Å²) in [5.41, 5.74) is -1.11. The van der Waals surface area contributed by atoms with Crippen LogP contribution in [0.5, 0.6) is 0 Å². The van der Waals surface area contributed by atoms with Crippen molar-refractivity contribution in [1.82, 2.24) is 0 Å². The predicted molar refractivity (Wildman–Crippen MR) is 47.0 cm³/mol. The molecule has 14 heavy (non-hydrogen) atoms. The lowest BCUT2D eigenvalue weighted by Gasteiger charge is -2.35. The van der Waals surface area contributed by atoms with Crippen molar-refractivity contribution in [2.24, 2.45) is 0 Å². The Kier molecular flexibility index (Phi) is 2.57. The van der Waals surface area contributed by atoms with Crippen molar-refractivity contribution in [3.05, 3.63) is 0 Å². The zero-order valence-electron chi connectivity index (χ0n) is 7.92. The molecule has 2 saturated heterocycles. The monoisotopic (exact) mass is 200 g/mol. The van der Waals surface area contributed by atoms with Crippen LogP contribution < -0.4 is 0 Å². The van der Waals surface area contributed by atoms with Crippen molar-refractivity contribution >= 4 is 7.85 Å². The largest absolute Gasteiger partial charge is 0.393 e. The lowest BCUT2D eigenvalue weighted by molar-refractivity contribution is -0.192. The summed E-state index contributed by atoms with van der Waals surface area (Å²) >= 11 is 0. The first-order valence-corrected chi connectivity index (χ1v) is 4.52. The number of hydrogen-bond acceptors (Lipinski definition) is 5. The van der Waals surface area contributed by atoms with Crippen LogP contribution in [0.4, 0.5) is 0 Å². The molecule has 2 fully saturated rings. The SMILES string of the molecule is [B][C@@H]1O[C@@]2(CO)[C@H](COC)O[C@@H]1[C@@H]2O. The quantitative estimate of drug-likeness (QED) is 0.516. The van der Waals surface area contributed by atoms with Gasteiger partial charge in [-0.1, -0.05) is 0 Å². The Balaban J connectivity index is 2.20. The predicted octanol–water partition coefficient (Wildman–Crippen LogP) is -1.98. The smallest absolute Gasteiger partial charge is 0.147 e. The average Bonchev–Trinajstić information content (AvgIpc) is 2.56. The third-order valence-corrected chi connectivity index (χ3v) is 2.92. The molecule has 2 bridgehead atoms. The maximum absolute atomic E-state index is 9.80. The van der Waals surface area contributed by atoms with Crippen molar-refractivity contribution in [1.29, 1.82) is 0 Å². The fourth-order valence-corrected chi connectivity index (χ4v) is 2.14. The Bertz CT molecular complexity index is 226. The molecule has 6 heteroatoms. The van der Waals surface area contributed by atoms with E-state index in [1.807, 2.05) is 0 Å². The highest BCUT2D eigenvalue weighted by molar-refractivity contribution is 6.11. The summed E-state index contributed by atoms with van der Waals surface area (Å²) in [6.45, 7) is -0.0623. The Hall–Kier alpha value is -0.135. The Morgan fingerprint density at radius 3 is 2.79 bits per heavy atom. The topological polar surface area (TPSA) is 68.2 Å². The van der Waals surface area contributed by atoms with Crippen LogP contribution in [0.1, 0.15) is 0 Å². The van der Waals surface area contributed by atoms with E-state index in [0.29, 0.717) is 0 Å². The maximum atomic E-state index is 9.80. The molecule has 2 radical (unpaired) electrons. The summed E-state index contributed by atoms with van der Waals surface area (Å²) in [5, 5.41) is 19.1. The van der Waals surface area contributed by atoms with Gasteiger partial charge in [0.15, 0.2) is 0 Å². The van der Waals surface area contributed by atoms with Crippen LogP contribution in [0.3, 0.4) is 0 Å². The second kappa shape index (κ2) is 3.46. The van der Waals surface area contributed by atoms with Crippen LogP contribution in [-0.4, -0.2) is 68.3 Å². The van der Waals surface area contributed by atoms with Crippen LogP contribution >= 0.6 is 0 Å². The molecule has 5 atom stereocenters. The normalized spacial score (nSPS) is 51.4. The lowest BCUT2D eigenvalue weighted by Crippen LogP contribution is -2.53. The molecule has 2 N–H and O–H groups in total. The highest BCUT2D eigenvalue weighted by atomic mass is 16.7. The van der Waals surface area contributed by atoms with Crippen LogP contribution in [0.15, 0.2) is 0 Å². The van der Waals surface area contributed by atoms with Gasteiger partial charge in [-0.2, -0.15) is 0 Å². The van der Waals surface area contributed by atoms with Gasteiger partial charge in [0, 0.05) is 13.1 Å². The summed E-state index contributed by atoms with van der Waals surface area (Å²) in [7, 11) is 7.09. The van der Waals surface area contributed by atoms with Crippen molar-refractivity contribution in [2.75, 3.05) is 20.3 Å². The fourth-order valence-electron chi connectivity index (χ4n) is 2.14. The third-order valence-electron chi connectivity index (χ3n) is 2.92. The van der Waals surface area contributed by atoms with Crippen molar-refractivity contribution < 1.29 is 24.4 Å². The zero-order valence-corrected chi connectivity index (χ0v) is 7.92. The molecule has 0 saturated carbocycles. The molecule has 0 aromatic carbocycles. The molecular weight excluding hydrogens is 187 g/mol. The molecule has 0 aromatic heterocycles. The van der Waals surface area contributed by atoms with E-state index in [1.165, 1.54) is 7.11 Å². The number of rotatable bonds is 3. The number of aliphatic hydroxyl groups is 2. The van der Waals surface area contributed by atoms with Crippen molar-refractivity contribution in [3.63, 3.8) is 0 Å². The van der Waals surface area contributed by atoms with Gasteiger partial charge in [-0.15, -0.1) is 0 Å².